The molecule has 0 atom stereocenters. The Morgan fingerprint density at radius 1 is 1.19 bits per heavy atom. The summed E-state index contributed by atoms with van der Waals surface area (Å²) in [7, 11) is 0. The number of carbonyl (C=O) groups is 1. The highest BCUT2D eigenvalue weighted by molar-refractivity contribution is 5.77. The number of hydrogen-bond donors (Lipinski definition) is 1. The van der Waals surface area contributed by atoms with Crippen LogP contribution in [0, 0.1) is 0 Å². The molecular formula is C19H17N3O5. The van der Waals surface area contributed by atoms with Gasteiger partial charge >= 0.3 is 0 Å². The van der Waals surface area contributed by atoms with Crippen LogP contribution in [-0.2, 0) is 22.7 Å². The van der Waals surface area contributed by atoms with Crippen molar-refractivity contribution in [3.8, 4) is 22.8 Å². The highest BCUT2D eigenvalue weighted by atomic mass is 16.7. The Morgan fingerprint density at radius 2 is 2.11 bits per heavy atom. The lowest BCUT2D eigenvalue weighted by molar-refractivity contribution is -0.126. The first kappa shape index (κ1) is 17.0. The first-order chi connectivity index (χ1) is 13.3. The third kappa shape index (κ3) is 4.24. The molecule has 0 fully saturated rings. The summed E-state index contributed by atoms with van der Waals surface area (Å²) in [6.45, 7) is 0.742. The average molecular weight is 367 g/mol. The predicted molar refractivity (Wildman–Crippen MR) is 93.8 cm³/mol. The van der Waals surface area contributed by atoms with Crippen LogP contribution in [0.3, 0.4) is 0 Å². The van der Waals surface area contributed by atoms with Gasteiger partial charge in [-0.1, -0.05) is 11.2 Å². The van der Waals surface area contributed by atoms with Gasteiger partial charge in [0.15, 0.2) is 17.3 Å². The molecule has 0 saturated heterocycles. The van der Waals surface area contributed by atoms with Crippen LogP contribution in [0.25, 0.3) is 11.3 Å². The van der Waals surface area contributed by atoms with Crippen LogP contribution in [0.15, 0.2) is 53.3 Å². The number of nitrogens with one attached hydrogen (secondary N) is 1. The van der Waals surface area contributed by atoms with Crippen LogP contribution < -0.4 is 14.8 Å². The number of ether oxygens (including phenoxy) is 3. The summed E-state index contributed by atoms with van der Waals surface area (Å²) in [5, 5.41) is 6.73. The van der Waals surface area contributed by atoms with Gasteiger partial charge in [0.1, 0.15) is 12.3 Å². The Morgan fingerprint density at radius 3 is 3.00 bits per heavy atom. The van der Waals surface area contributed by atoms with E-state index in [1.54, 1.807) is 18.5 Å². The highest BCUT2D eigenvalue weighted by Crippen LogP contribution is 2.36. The van der Waals surface area contributed by atoms with E-state index in [9.17, 15) is 4.79 Å². The second kappa shape index (κ2) is 7.88. The smallest absolute Gasteiger partial charge is 0.246 e. The van der Waals surface area contributed by atoms with Gasteiger partial charge in [-0.25, -0.2) is 0 Å². The lowest BCUT2D eigenvalue weighted by Gasteiger charge is -2.05. The minimum absolute atomic E-state index is 0.0630. The van der Waals surface area contributed by atoms with Crippen LogP contribution in [0.1, 0.15) is 11.3 Å². The zero-order chi connectivity index (χ0) is 18.5. The van der Waals surface area contributed by atoms with Crippen LogP contribution >= 0.6 is 0 Å². The van der Waals surface area contributed by atoms with Gasteiger partial charge in [0.05, 0.1) is 6.61 Å². The van der Waals surface area contributed by atoms with E-state index in [1.165, 1.54) is 0 Å². The summed E-state index contributed by atoms with van der Waals surface area (Å²) in [6, 6.07) is 11.0. The average Bonchev–Trinajstić information content (AvgIpc) is 3.36. The second-order valence-corrected chi connectivity index (χ2v) is 5.88. The molecule has 8 nitrogen and oxygen atoms in total. The molecule has 138 valence electrons. The lowest BCUT2D eigenvalue weighted by atomic mass is 10.1. The zero-order valence-electron chi connectivity index (χ0n) is 14.4. The maximum Gasteiger partial charge on any atom is 0.246 e. The molecule has 0 bridgehead atoms. The van der Waals surface area contributed by atoms with Crippen molar-refractivity contribution in [2.24, 2.45) is 0 Å². The van der Waals surface area contributed by atoms with Crippen molar-refractivity contribution in [1.29, 1.82) is 0 Å². The normalized spacial score (nSPS) is 12.1. The van der Waals surface area contributed by atoms with Crippen molar-refractivity contribution in [2.75, 3.05) is 13.4 Å². The fourth-order valence-electron chi connectivity index (χ4n) is 2.57. The fraction of sp³-hybridized carbons (Fsp3) is 0.211. The number of fused-ring (bicyclic) bond motifs is 1. The van der Waals surface area contributed by atoms with Crippen molar-refractivity contribution in [3.05, 3.63) is 60.0 Å². The molecule has 1 aromatic carbocycles. The highest BCUT2D eigenvalue weighted by Gasteiger charge is 2.16. The standard InChI is InChI=1S/C19H17N3O5/c23-19(21-9-13-2-1-5-20-8-13)11-24-10-15-7-17(27-22-15)14-3-4-16-18(6-14)26-12-25-16/h1-8H,9-12H2,(H,21,23). The molecule has 1 aliphatic heterocycles. The third-order valence-electron chi connectivity index (χ3n) is 3.91. The number of benzene rings is 1. The zero-order valence-corrected chi connectivity index (χ0v) is 14.4. The van der Waals surface area contributed by atoms with Gasteiger partial charge in [-0.05, 0) is 29.8 Å². The van der Waals surface area contributed by atoms with E-state index in [-0.39, 0.29) is 25.9 Å². The van der Waals surface area contributed by atoms with E-state index in [1.807, 2.05) is 30.3 Å². The van der Waals surface area contributed by atoms with Gasteiger partial charge in [-0.3, -0.25) is 9.78 Å². The molecular weight excluding hydrogens is 350 g/mol. The predicted octanol–water partition coefficient (Wildman–Crippen LogP) is 2.30. The van der Waals surface area contributed by atoms with Crippen LogP contribution in [-0.4, -0.2) is 29.4 Å². The van der Waals surface area contributed by atoms with Crippen LogP contribution in [0.2, 0.25) is 0 Å². The van der Waals surface area contributed by atoms with Crippen LogP contribution in [0.5, 0.6) is 11.5 Å². The molecule has 2 aromatic heterocycles. The van der Waals surface area contributed by atoms with E-state index in [4.69, 9.17) is 18.7 Å². The minimum Gasteiger partial charge on any atom is -0.454 e. The lowest BCUT2D eigenvalue weighted by Crippen LogP contribution is -2.27. The van der Waals surface area contributed by atoms with Crippen molar-refractivity contribution in [3.63, 3.8) is 0 Å². The van der Waals surface area contributed by atoms with Gasteiger partial charge < -0.3 is 24.1 Å². The van der Waals surface area contributed by atoms with Crippen molar-refractivity contribution in [1.82, 2.24) is 15.5 Å². The molecule has 3 aromatic rings. The van der Waals surface area contributed by atoms with E-state index in [0.29, 0.717) is 29.5 Å². The van der Waals surface area contributed by atoms with E-state index in [0.717, 1.165) is 11.1 Å². The summed E-state index contributed by atoms with van der Waals surface area (Å²) in [6.07, 6.45) is 3.39. The summed E-state index contributed by atoms with van der Waals surface area (Å²) in [4.78, 5) is 15.8. The largest absolute Gasteiger partial charge is 0.454 e. The van der Waals surface area contributed by atoms with Crippen molar-refractivity contribution < 1.29 is 23.5 Å². The van der Waals surface area contributed by atoms with Gasteiger partial charge in [-0.15, -0.1) is 0 Å². The van der Waals surface area contributed by atoms with E-state index in [2.05, 4.69) is 15.5 Å². The number of nitrogens with zero attached hydrogens (tertiary/aromatic N) is 2. The molecule has 1 aliphatic rings. The molecule has 0 radical (unpaired) electrons. The van der Waals surface area contributed by atoms with Crippen molar-refractivity contribution in [2.45, 2.75) is 13.2 Å². The number of carbonyl (C=O) groups excluding carboxylic acids is 1. The maximum atomic E-state index is 11.8. The molecule has 0 saturated carbocycles. The summed E-state index contributed by atoms with van der Waals surface area (Å²) in [5.41, 5.74) is 2.35. The van der Waals surface area contributed by atoms with E-state index < -0.39 is 0 Å². The SMILES string of the molecule is O=C(COCc1cc(-c2ccc3c(c2)OCO3)on1)NCc1cccnc1. The van der Waals surface area contributed by atoms with Gasteiger partial charge in [0, 0.05) is 30.6 Å². The number of aromatic nitrogens is 2. The number of hydrogen-bond acceptors (Lipinski definition) is 7. The van der Waals surface area contributed by atoms with Crippen molar-refractivity contribution >= 4 is 5.91 Å². The maximum absolute atomic E-state index is 11.8. The summed E-state index contributed by atoms with van der Waals surface area (Å²) in [5.74, 6) is 1.76. The van der Waals surface area contributed by atoms with Gasteiger partial charge in [0.25, 0.3) is 0 Å². The molecule has 0 aliphatic carbocycles. The minimum atomic E-state index is -0.210. The molecule has 27 heavy (non-hydrogen) atoms. The Kier molecular flexibility index (Phi) is 4.97. The molecule has 0 spiro atoms. The van der Waals surface area contributed by atoms with Crippen LogP contribution in [0.4, 0.5) is 0 Å². The molecule has 1 N–H and O–H groups in total. The Hall–Kier alpha value is -3.39. The second-order valence-electron chi connectivity index (χ2n) is 5.88. The van der Waals surface area contributed by atoms with Gasteiger partial charge in [-0.2, -0.15) is 0 Å². The monoisotopic (exact) mass is 367 g/mol. The number of rotatable bonds is 7. The number of pyridine rings is 1. The molecule has 4 rings (SSSR count). The van der Waals surface area contributed by atoms with Gasteiger partial charge in [0.2, 0.25) is 12.7 Å². The molecule has 1 amide bonds. The topological polar surface area (TPSA) is 95.7 Å². The third-order valence-corrected chi connectivity index (χ3v) is 3.91. The summed E-state index contributed by atoms with van der Waals surface area (Å²) < 4.78 is 21.4. The summed E-state index contributed by atoms with van der Waals surface area (Å²) >= 11 is 0. The molecule has 0 unspecified atom stereocenters. The molecule has 3 heterocycles. The quantitative estimate of drug-likeness (QED) is 0.684. The van der Waals surface area contributed by atoms with E-state index >= 15 is 0 Å². The molecule has 8 heteroatoms. The Balaban J connectivity index is 1.25. The fourth-order valence-corrected chi connectivity index (χ4v) is 2.57. The first-order valence-electron chi connectivity index (χ1n) is 8.37. The first-order valence-corrected chi connectivity index (χ1v) is 8.37. The Bertz CT molecular complexity index is 926. The number of amides is 1. The Labute approximate surface area is 155 Å².